The minimum Gasteiger partial charge on any atom is -0.488 e. The van der Waals surface area contributed by atoms with E-state index in [0.717, 1.165) is 35.0 Å². The van der Waals surface area contributed by atoms with Crippen LogP contribution in [-0.2, 0) is 6.42 Å². The van der Waals surface area contributed by atoms with Crippen molar-refractivity contribution in [3.8, 4) is 5.75 Å². The van der Waals surface area contributed by atoms with Gasteiger partial charge in [0.05, 0.1) is 0 Å². The van der Waals surface area contributed by atoms with Crippen LogP contribution in [0.1, 0.15) is 45.1 Å². The Balaban J connectivity index is 1.54. The van der Waals surface area contributed by atoms with E-state index in [0.29, 0.717) is 12.1 Å². The molecule has 116 valence electrons. The molecule has 3 heteroatoms. The molecule has 2 aliphatic rings. The third-order valence-corrected chi connectivity index (χ3v) is 5.54. The maximum absolute atomic E-state index is 6.07. The summed E-state index contributed by atoms with van der Waals surface area (Å²) in [5.41, 5.74) is 1.33. The molecular formula is C18H26BrNO. The van der Waals surface area contributed by atoms with Crippen LogP contribution in [0.25, 0.3) is 0 Å². The standard InChI is InChI=1S/C18H26BrNO/c1-12(2)16-5-3-4-6-17(16)20-11-15-10-13-9-14(19)7-8-18(13)21-15/h7-9,12,15-17,20H,3-6,10-11H2,1-2H3. The molecule has 0 radical (unpaired) electrons. The molecule has 3 atom stereocenters. The highest BCUT2D eigenvalue weighted by atomic mass is 79.9. The van der Waals surface area contributed by atoms with Gasteiger partial charge < -0.3 is 10.1 Å². The lowest BCUT2D eigenvalue weighted by molar-refractivity contribution is 0.172. The molecule has 1 fully saturated rings. The monoisotopic (exact) mass is 351 g/mol. The topological polar surface area (TPSA) is 21.3 Å². The van der Waals surface area contributed by atoms with Gasteiger partial charge in [-0.25, -0.2) is 0 Å². The van der Waals surface area contributed by atoms with Crippen LogP contribution in [0.5, 0.6) is 5.75 Å². The van der Waals surface area contributed by atoms with Crippen molar-refractivity contribution in [2.75, 3.05) is 6.54 Å². The van der Waals surface area contributed by atoms with Crippen molar-refractivity contribution in [3.63, 3.8) is 0 Å². The Morgan fingerprint density at radius 3 is 2.90 bits per heavy atom. The van der Waals surface area contributed by atoms with Gasteiger partial charge in [0.15, 0.2) is 0 Å². The molecule has 1 aliphatic carbocycles. The van der Waals surface area contributed by atoms with Crippen molar-refractivity contribution in [2.45, 2.75) is 58.1 Å². The molecule has 1 N–H and O–H groups in total. The summed E-state index contributed by atoms with van der Waals surface area (Å²) >= 11 is 3.54. The van der Waals surface area contributed by atoms with E-state index in [1.165, 1.54) is 31.2 Å². The van der Waals surface area contributed by atoms with Gasteiger partial charge in [-0.2, -0.15) is 0 Å². The van der Waals surface area contributed by atoms with Gasteiger partial charge in [-0.15, -0.1) is 0 Å². The normalized spacial score (nSPS) is 28.5. The molecule has 0 aromatic heterocycles. The Bertz CT molecular complexity index is 488. The average molecular weight is 352 g/mol. The zero-order valence-electron chi connectivity index (χ0n) is 13.1. The molecule has 1 aromatic rings. The second kappa shape index (κ2) is 6.70. The van der Waals surface area contributed by atoms with Gasteiger partial charge in [0.25, 0.3) is 0 Å². The van der Waals surface area contributed by atoms with E-state index in [1.54, 1.807) is 0 Å². The number of ether oxygens (including phenoxy) is 1. The number of nitrogens with one attached hydrogen (secondary N) is 1. The van der Waals surface area contributed by atoms with Crippen LogP contribution in [0, 0.1) is 11.8 Å². The lowest BCUT2D eigenvalue weighted by Gasteiger charge is -2.35. The van der Waals surface area contributed by atoms with E-state index in [4.69, 9.17) is 4.74 Å². The smallest absolute Gasteiger partial charge is 0.123 e. The second-order valence-electron chi connectivity index (χ2n) is 6.90. The lowest BCUT2D eigenvalue weighted by atomic mass is 9.78. The number of fused-ring (bicyclic) bond motifs is 1. The van der Waals surface area contributed by atoms with Crippen LogP contribution in [-0.4, -0.2) is 18.7 Å². The first-order valence-electron chi connectivity index (χ1n) is 8.32. The second-order valence-corrected chi connectivity index (χ2v) is 7.82. The Hall–Kier alpha value is -0.540. The summed E-state index contributed by atoms with van der Waals surface area (Å²) in [4.78, 5) is 0. The van der Waals surface area contributed by atoms with Gasteiger partial charge in [0, 0.05) is 23.5 Å². The quantitative estimate of drug-likeness (QED) is 0.858. The first kappa shape index (κ1) is 15.4. The van der Waals surface area contributed by atoms with Crippen molar-refractivity contribution in [2.24, 2.45) is 11.8 Å². The van der Waals surface area contributed by atoms with Crippen molar-refractivity contribution in [1.29, 1.82) is 0 Å². The molecule has 3 unspecified atom stereocenters. The molecule has 0 bridgehead atoms. The molecule has 1 heterocycles. The van der Waals surface area contributed by atoms with Gasteiger partial charge in [-0.3, -0.25) is 0 Å². The van der Waals surface area contributed by atoms with Crippen molar-refractivity contribution < 1.29 is 4.74 Å². The predicted molar refractivity (Wildman–Crippen MR) is 90.8 cm³/mol. The van der Waals surface area contributed by atoms with Crippen LogP contribution < -0.4 is 10.1 Å². The van der Waals surface area contributed by atoms with Crippen LogP contribution >= 0.6 is 15.9 Å². The summed E-state index contributed by atoms with van der Waals surface area (Å²) in [5.74, 6) is 2.67. The molecule has 0 saturated heterocycles. The first-order valence-corrected chi connectivity index (χ1v) is 9.11. The van der Waals surface area contributed by atoms with E-state index in [9.17, 15) is 0 Å². The summed E-state index contributed by atoms with van der Waals surface area (Å²) < 4.78 is 7.21. The molecule has 1 aliphatic heterocycles. The van der Waals surface area contributed by atoms with Gasteiger partial charge in [-0.1, -0.05) is 42.6 Å². The summed E-state index contributed by atoms with van der Waals surface area (Å²) in [6.07, 6.45) is 6.81. The highest BCUT2D eigenvalue weighted by Gasteiger charge is 2.29. The fourth-order valence-electron chi connectivity index (χ4n) is 3.90. The van der Waals surface area contributed by atoms with E-state index in [2.05, 4.69) is 53.3 Å². The Morgan fingerprint density at radius 2 is 2.10 bits per heavy atom. The van der Waals surface area contributed by atoms with Gasteiger partial charge in [0.1, 0.15) is 11.9 Å². The first-order chi connectivity index (χ1) is 10.1. The number of halogens is 1. The third kappa shape index (κ3) is 3.62. The lowest BCUT2D eigenvalue weighted by Crippen LogP contribution is -2.44. The summed E-state index contributed by atoms with van der Waals surface area (Å²) in [7, 11) is 0. The molecule has 1 saturated carbocycles. The zero-order chi connectivity index (χ0) is 14.8. The molecule has 2 nitrogen and oxygen atoms in total. The maximum atomic E-state index is 6.07. The minimum absolute atomic E-state index is 0.295. The predicted octanol–water partition coefficient (Wildman–Crippen LogP) is 4.56. The number of benzene rings is 1. The SMILES string of the molecule is CC(C)C1CCCCC1NCC1Cc2cc(Br)ccc2O1. The van der Waals surface area contributed by atoms with E-state index in [1.807, 2.05) is 0 Å². The third-order valence-electron chi connectivity index (χ3n) is 5.05. The fourth-order valence-corrected chi connectivity index (χ4v) is 4.31. The maximum Gasteiger partial charge on any atom is 0.123 e. The van der Waals surface area contributed by atoms with Crippen LogP contribution in [0.15, 0.2) is 22.7 Å². The highest BCUT2D eigenvalue weighted by molar-refractivity contribution is 9.10. The fraction of sp³-hybridized carbons (Fsp3) is 0.667. The van der Waals surface area contributed by atoms with Gasteiger partial charge >= 0.3 is 0 Å². The van der Waals surface area contributed by atoms with Gasteiger partial charge in [-0.05, 0) is 48.4 Å². The Labute approximate surface area is 136 Å². The average Bonchev–Trinajstić information content (AvgIpc) is 2.87. The highest BCUT2D eigenvalue weighted by Crippen LogP contribution is 2.32. The number of hydrogen-bond acceptors (Lipinski definition) is 2. The molecule has 1 aromatic carbocycles. The van der Waals surface area contributed by atoms with Gasteiger partial charge in [0.2, 0.25) is 0 Å². The minimum atomic E-state index is 0.295. The van der Waals surface area contributed by atoms with Crippen LogP contribution in [0.2, 0.25) is 0 Å². The molecule has 0 amide bonds. The summed E-state index contributed by atoms with van der Waals surface area (Å²) in [6, 6.07) is 7.01. The summed E-state index contributed by atoms with van der Waals surface area (Å²) in [6.45, 7) is 5.70. The number of rotatable bonds is 4. The van der Waals surface area contributed by atoms with Crippen molar-refractivity contribution in [3.05, 3.63) is 28.2 Å². The summed E-state index contributed by atoms with van der Waals surface area (Å²) in [5, 5.41) is 3.81. The Kier molecular flexibility index (Phi) is 4.90. The Morgan fingerprint density at radius 1 is 1.29 bits per heavy atom. The van der Waals surface area contributed by atoms with E-state index < -0.39 is 0 Å². The molecular weight excluding hydrogens is 326 g/mol. The molecule has 3 rings (SSSR count). The van der Waals surface area contributed by atoms with Crippen molar-refractivity contribution in [1.82, 2.24) is 5.32 Å². The van der Waals surface area contributed by atoms with E-state index >= 15 is 0 Å². The molecule has 21 heavy (non-hydrogen) atoms. The number of hydrogen-bond donors (Lipinski definition) is 1. The van der Waals surface area contributed by atoms with Crippen molar-refractivity contribution >= 4 is 15.9 Å². The largest absolute Gasteiger partial charge is 0.488 e. The molecule has 0 spiro atoms. The van der Waals surface area contributed by atoms with E-state index in [-0.39, 0.29) is 0 Å². The van der Waals surface area contributed by atoms with Crippen LogP contribution in [0.3, 0.4) is 0 Å². The van der Waals surface area contributed by atoms with Crippen LogP contribution in [0.4, 0.5) is 0 Å². The zero-order valence-corrected chi connectivity index (χ0v) is 14.7.